The van der Waals surface area contributed by atoms with Crippen molar-refractivity contribution >= 4 is 11.6 Å². The van der Waals surface area contributed by atoms with Gasteiger partial charge in [-0.3, -0.25) is 0 Å². The van der Waals surface area contributed by atoms with Crippen molar-refractivity contribution in [1.82, 2.24) is 0 Å². The number of hydrogen-bond acceptors (Lipinski definition) is 2. The topological polar surface area (TPSA) is 21.8 Å². The molecule has 1 rings (SSSR count). The number of ether oxygens (including phenoxy) is 2. The summed E-state index contributed by atoms with van der Waals surface area (Å²) in [6.07, 6.45) is 0.794. The fraction of sp³-hybridized carbons (Fsp3) is 1.00. The third-order valence-corrected chi connectivity index (χ3v) is 2.10. The molecular formula is C10H19ClO2. The molecule has 2 nitrogen and oxygen atoms in total. The molecule has 2 atom stereocenters. The number of rotatable bonds is 3. The third-order valence-electron chi connectivity index (χ3n) is 1.79. The molecule has 2 unspecified atom stereocenters. The second-order valence-electron chi connectivity index (χ2n) is 5.47. The van der Waals surface area contributed by atoms with Gasteiger partial charge in [0.2, 0.25) is 6.29 Å². The van der Waals surface area contributed by atoms with Crippen molar-refractivity contribution < 1.29 is 9.47 Å². The average molecular weight is 207 g/mol. The summed E-state index contributed by atoms with van der Waals surface area (Å²) in [5.74, 6) is 0. The van der Waals surface area contributed by atoms with Crippen LogP contribution in [0.5, 0.6) is 0 Å². The molecule has 3 heteroatoms. The maximum absolute atomic E-state index is 5.68. The summed E-state index contributed by atoms with van der Waals surface area (Å²) in [6.45, 7) is 10.7. The molecule has 78 valence electrons. The van der Waals surface area contributed by atoms with Crippen LogP contribution in [0.15, 0.2) is 0 Å². The Morgan fingerprint density at radius 3 is 2.00 bits per heavy atom. The van der Waals surface area contributed by atoms with Gasteiger partial charge in [-0.15, -0.1) is 0 Å². The molecule has 0 aromatic heterocycles. The summed E-state index contributed by atoms with van der Waals surface area (Å²) in [7, 11) is 0. The lowest BCUT2D eigenvalue weighted by atomic mass is 9.84. The SMILES string of the molecule is CC(C)(C)CC(C)(C)OC1OC1Cl. The van der Waals surface area contributed by atoms with Gasteiger partial charge in [0, 0.05) is 0 Å². The standard InChI is InChI=1S/C10H19ClO2/c1-9(2,3)6-10(4,5)13-8-7(11)12-8/h7-8H,6H2,1-5H3. The highest BCUT2D eigenvalue weighted by molar-refractivity contribution is 6.21. The summed E-state index contributed by atoms with van der Waals surface area (Å²) in [5.41, 5.74) is -0.133. The normalized spacial score (nSPS) is 29.1. The van der Waals surface area contributed by atoms with Gasteiger partial charge in [-0.1, -0.05) is 32.4 Å². The van der Waals surface area contributed by atoms with Gasteiger partial charge < -0.3 is 9.47 Å². The molecule has 0 amide bonds. The Bertz CT molecular complexity index is 184. The molecular weight excluding hydrogens is 188 g/mol. The first-order valence-electron chi connectivity index (χ1n) is 4.67. The van der Waals surface area contributed by atoms with Gasteiger partial charge in [-0.2, -0.15) is 0 Å². The van der Waals surface area contributed by atoms with Crippen molar-refractivity contribution in [3.05, 3.63) is 0 Å². The van der Waals surface area contributed by atoms with E-state index in [0.717, 1.165) is 6.42 Å². The van der Waals surface area contributed by atoms with E-state index in [2.05, 4.69) is 34.6 Å². The monoisotopic (exact) mass is 206 g/mol. The summed E-state index contributed by atoms with van der Waals surface area (Å²) < 4.78 is 10.7. The average Bonchev–Trinajstić information content (AvgIpc) is 2.36. The molecule has 13 heavy (non-hydrogen) atoms. The van der Waals surface area contributed by atoms with Crippen LogP contribution in [0.3, 0.4) is 0 Å². The Labute approximate surface area is 85.5 Å². The van der Waals surface area contributed by atoms with Crippen LogP contribution in [-0.2, 0) is 9.47 Å². The van der Waals surface area contributed by atoms with Crippen molar-refractivity contribution in [3.63, 3.8) is 0 Å². The summed E-state index contributed by atoms with van der Waals surface area (Å²) in [5, 5.41) is 0. The first-order chi connectivity index (χ1) is 5.70. The van der Waals surface area contributed by atoms with E-state index in [1.165, 1.54) is 0 Å². The molecule has 0 aromatic carbocycles. The van der Waals surface area contributed by atoms with Crippen molar-refractivity contribution in [1.29, 1.82) is 0 Å². The molecule has 0 saturated carbocycles. The maximum atomic E-state index is 5.68. The molecule has 0 radical (unpaired) electrons. The smallest absolute Gasteiger partial charge is 0.200 e. The van der Waals surface area contributed by atoms with Crippen molar-refractivity contribution in [2.75, 3.05) is 0 Å². The number of alkyl halides is 1. The zero-order valence-corrected chi connectivity index (χ0v) is 9.81. The Morgan fingerprint density at radius 2 is 1.69 bits per heavy atom. The Hall–Kier alpha value is 0.210. The van der Waals surface area contributed by atoms with E-state index in [0.29, 0.717) is 0 Å². The highest BCUT2D eigenvalue weighted by Crippen LogP contribution is 2.36. The van der Waals surface area contributed by atoms with Gasteiger partial charge in [0.1, 0.15) is 0 Å². The minimum Gasteiger partial charge on any atom is -0.343 e. The van der Waals surface area contributed by atoms with Crippen LogP contribution in [0.25, 0.3) is 0 Å². The summed E-state index contributed by atoms with van der Waals surface area (Å²) in [6, 6.07) is 0. The van der Waals surface area contributed by atoms with E-state index in [1.54, 1.807) is 0 Å². The van der Waals surface area contributed by atoms with E-state index in [-0.39, 0.29) is 22.9 Å². The van der Waals surface area contributed by atoms with E-state index in [4.69, 9.17) is 21.1 Å². The maximum Gasteiger partial charge on any atom is 0.200 e. The van der Waals surface area contributed by atoms with Crippen LogP contribution < -0.4 is 0 Å². The molecule has 1 fully saturated rings. The van der Waals surface area contributed by atoms with E-state index >= 15 is 0 Å². The van der Waals surface area contributed by atoms with Gasteiger partial charge >= 0.3 is 0 Å². The van der Waals surface area contributed by atoms with Crippen LogP contribution in [0, 0.1) is 5.41 Å². The predicted octanol–water partition coefficient (Wildman–Crippen LogP) is 3.14. The zero-order valence-electron chi connectivity index (χ0n) is 9.06. The van der Waals surface area contributed by atoms with Gasteiger partial charge in [-0.05, 0) is 25.7 Å². The largest absolute Gasteiger partial charge is 0.343 e. The second kappa shape index (κ2) is 3.41. The van der Waals surface area contributed by atoms with Crippen LogP contribution in [0.4, 0.5) is 0 Å². The predicted molar refractivity (Wildman–Crippen MR) is 53.8 cm³/mol. The Balaban J connectivity index is 2.37. The summed E-state index contributed by atoms with van der Waals surface area (Å²) >= 11 is 5.68. The van der Waals surface area contributed by atoms with Gasteiger partial charge in [0.25, 0.3) is 0 Å². The van der Waals surface area contributed by atoms with Crippen LogP contribution in [-0.4, -0.2) is 17.5 Å². The van der Waals surface area contributed by atoms with Gasteiger partial charge in [-0.25, -0.2) is 0 Å². The van der Waals surface area contributed by atoms with E-state index in [9.17, 15) is 0 Å². The first-order valence-corrected chi connectivity index (χ1v) is 5.11. The molecule has 0 spiro atoms. The van der Waals surface area contributed by atoms with Crippen LogP contribution in [0.2, 0.25) is 0 Å². The Kier molecular flexibility index (Phi) is 2.96. The first kappa shape index (κ1) is 11.3. The van der Waals surface area contributed by atoms with Gasteiger partial charge in [0.15, 0.2) is 5.56 Å². The molecule has 1 saturated heterocycles. The van der Waals surface area contributed by atoms with Crippen molar-refractivity contribution in [2.45, 2.75) is 58.5 Å². The summed E-state index contributed by atoms with van der Waals surface area (Å²) in [4.78, 5) is 0. The highest BCUT2D eigenvalue weighted by atomic mass is 35.5. The number of hydrogen-bond donors (Lipinski definition) is 0. The lowest BCUT2D eigenvalue weighted by molar-refractivity contribution is -0.0871. The Morgan fingerprint density at radius 1 is 1.23 bits per heavy atom. The lowest BCUT2D eigenvalue weighted by Gasteiger charge is -2.31. The van der Waals surface area contributed by atoms with Gasteiger partial charge in [0.05, 0.1) is 5.60 Å². The van der Waals surface area contributed by atoms with Crippen LogP contribution in [0.1, 0.15) is 41.0 Å². The van der Waals surface area contributed by atoms with Crippen molar-refractivity contribution in [3.8, 4) is 0 Å². The molecule has 1 heterocycles. The van der Waals surface area contributed by atoms with Crippen molar-refractivity contribution in [2.24, 2.45) is 5.41 Å². The van der Waals surface area contributed by atoms with E-state index < -0.39 is 0 Å². The molecule has 1 aliphatic heterocycles. The molecule has 0 N–H and O–H groups in total. The molecule has 0 aromatic rings. The number of epoxide rings is 1. The minimum atomic E-state index is -0.237. The molecule has 0 aliphatic carbocycles. The fourth-order valence-electron chi connectivity index (χ4n) is 1.80. The second-order valence-corrected chi connectivity index (χ2v) is 5.90. The lowest BCUT2D eigenvalue weighted by Crippen LogP contribution is -2.31. The molecule has 0 bridgehead atoms. The van der Waals surface area contributed by atoms with E-state index in [1.807, 2.05) is 0 Å². The highest BCUT2D eigenvalue weighted by Gasteiger charge is 2.43. The third kappa shape index (κ3) is 4.30. The minimum absolute atomic E-state index is 0.160. The quantitative estimate of drug-likeness (QED) is 0.523. The number of halogens is 1. The molecule has 1 aliphatic rings. The zero-order chi connectivity index (χ0) is 10.3. The van der Waals surface area contributed by atoms with Crippen LogP contribution >= 0.6 is 11.6 Å². The fourth-order valence-corrected chi connectivity index (χ4v) is 1.95.